The summed E-state index contributed by atoms with van der Waals surface area (Å²) >= 11 is 0. The summed E-state index contributed by atoms with van der Waals surface area (Å²) in [7, 11) is -1.97. The fourth-order valence-electron chi connectivity index (χ4n) is 3.00. The number of hydrogen-bond donors (Lipinski definition) is 0. The maximum Gasteiger partial charge on any atom is 0.243 e. The molecule has 1 fully saturated rings. The van der Waals surface area contributed by atoms with Crippen LogP contribution in [0.25, 0.3) is 0 Å². The number of carbonyl (C=O) groups is 1. The van der Waals surface area contributed by atoms with Gasteiger partial charge < -0.3 is 9.64 Å². The summed E-state index contributed by atoms with van der Waals surface area (Å²) in [5.41, 5.74) is 0.872. The largest absolute Gasteiger partial charge is 0.496 e. The van der Waals surface area contributed by atoms with Gasteiger partial charge in [0.1, 0.15) is 5.75 Å². The van der Waals surface area contributed by atoms with Crippen LogP contribution < -0.4 is 4.74 Å². The average Bonchev–Trinajstić information content (AvgIpc) is 2.65. The molecule has 1 saturated heterocycles. The molecule has 0 saturated carbocycles. The maximum atomic E-state index is 12.9. The van der Waals surface area contributed by atoms with Crippen molar-refractivity contribution in [2.45, 2.75) is 44.4 Å². The van der Waals surface area contributed by atoms with Crippen molar-refractivity contribution >= 4 is 15.9 Å². The first-order chi connectivity index (χ1) is 11.9. The van der Waals surface area contributed by atoms with E-state index in [0.29, 0.717) is 44.8 Å². The number of carbonyl (C=O) groups excluding carboxylic acids is 1. The molecule has 0 N–H and O–H groups in total. The highest BCUT2D eigenvalue weighted by Crippen LogP contribution is 2.25. The highest BCUT2D eigenvalue weighted by atomic mass is 32.2. The molecule has 6 nitrogen and oxygen atoms in total. The summed E-state index contributed by atoms with van der Waals surface area (Å²) in [5.74, 6) is 0.824. The predicted octanol–water partition coefficient (Wildman–Crippen LogP) is 2.28. The summed E-state index contributed by atoms with van der Waals surface area (Å²) in [6, 6.07) is 4.98. The van der Waals surface area contributed by atoms with E-state index in [-0.39, 0.29) is 10.8 Å². The third-order valence-corrected chi connectivity index (χ3v) is 6.50. The molecule has 0 atom stereocenters. The molecule has 0 aromatic heterocycles. The first-order valence-electron chi connectivity index (χ1n) is 8.88. The fourth-order valence-corrected chi connectivity index (χ4v) is 4.48. The minimum absolute atomic E-state index is 0.122. The van der Waals surface area contributed by atoms with Gasteiger partial charge >= 0.3 is 0 Å². The molecule has 140 valence electrons. The van der Waals surface area contributed by atoms with Gasteiger partial charge in [0.15, 0.2) is 0 Å². The molecule has 1 amide bonds. The van der Waals surface area contributed by atoms with Crippen LogP contribution in [0.4, 0.5) is 0 Å². The number of nitrogens with zero attached hydrogens (tertiary/aromatic N) is 2. The summed E-state index contributed by atoms with van der Waals surface area (Å²) in [6.45, 7) is 5.62. The second kappa shape index (κ2) is 8.67. The highest BCUT2D eigenvalue weighted by molar-refractivity contribution is 7.89. The van der Waals surface area contributed by atoms with E-state index in [4.69, 9.17) is 4.74 Å². The van der Waals surface area contributed by atoms with E-state index in [0.717, 1.165) is 18.4 Å². The summed E-state index contributed by atoms with van der Waals surface area (Å²) < 4.78 is 32.5. The Morgan fingerprint density at radius 1 is 1.16 bits per heavy atom. The smallest absolute Gasteiger partial charge is 0.243 e. The first kappa shape index (κ1) is 19.7. The van der Waals surface area contributed by atoms with Crippen molar-refractivity contribution in [2.75, 3.05) is 33.3 Å². The van der Waals surface area contributed by atoms with Crippen molar-refractivity contribution in [3.63, 3.8) is 0 Å². The molecular formula is C18H28N2O4S. The topological polar surface area (TPSA) is 66.9 Å². The number of unbranched alkanes of at least 4 members (excludes halogenated alkanes) is 1. The van der Waals surface area contributed by atoms with E-state index in [2.05, 4.69) is 6.92 Å². The lowest BCUT2D eigenvalue weighted by atomic mass is 10.1. The van der Waals surface area contributed by atoms with Gasteiger partial charge in [-0.25, -0.2) is 8.42 Å². The van der Waals surface area contributed by atoms with Gasteiger partial charge in [-0.2, -0.15) is 4.31 Å². The Labute approximate surface area is 150 Å². The molecule has 1 aromatic rings. The van der Waals surface area contributed by atoms with Gasteiger partial charge in [-0.3, -0.25) is 4.79 Å². The Morgan fingerprint density at radius 2 is 1.84 bits per heavy atom. The SMILES string of the molecule is CCCCC(=O)N1CCN(S(=O)(=O)c2ccc(OC)c(CC)c2)CC1. The number of rotatable bonds is 7. The summed E-state index contributed by atoms with van der Waals surface area (Å²) in [4.78, 5) is 14.1. The van der Waals surface area contributed by atoms with Crippen molar-refractivity contribution < 1.29 is 17.9 Å². The normalized spacial score (nSPS) is 16.0. The van der Waals surface area contributed by atoms with Crippen LogP contribution in [0.2, 0.25) is 0 Å². The van der Waals surface area contributed by atoms with Gasteiger partial charge in [0.05, 0.1) is 12.0 Å². The standard InChI is InChI=1S/C18H28N2O4S/c1-4-6-7-18(21)19-10-12-20(13-11-19)25(22,23)16-8-9-17(24-3)15(5-2)14-16/h8-9,14H,4-7,10-13H2,1-3H3. The van der Waals surface area contributed by atoms with Crippen LogP contribution in [0, 0.1) is 0 Å². The van der Waals surface area contributed by atoms with Crippen LogP contribution in [-0.4, -0.2) is 56.8 Å². The summed E-state index contributed by atoms with van der Waals surface area (Å²) in [5, 5.41) is 0. The van der Waals surface area contributed by atoms with Gasteiger partial charge in [-0.15, -0.1) is 0 Å². The Hall–Kier alpha value is -1.60. The third kappa shape index (κ3) is 4.52. The zero-order valence-electron chi connectivity index (χ0n) is 15.3. The lowest BCUT2D eigenvalue weighted by Crippen LogP contribution is -2.50. The molecule has 7 heteroatoms. The Balaban J connectivity index is 2.08. The maximum absolute atomic E-state index is 12.9. The van der Waals surface area contributed by atoms with Crippen molar-refractivity contribution in [1.82, 2.24) is 9.21 Å². The van der Waals surface area contributed by atoms with Crippen molar-refractivity contribution in [3.8, 4) is 5.75 Å². The lowest BCUT2D eigenvalue weighted by Gasteiger charge is -2.34. The average molecular weight is 368 g/mol. The van der Waals surface area contributed by atoms with Gasteiger partial charge in [-0.05, 0) is 36.6 Å². The number of benzene rings is 1. The van der Waals surface area contributed by atoms with Crippen LogP contribution in [0.1, 0.15) is 38.7 Å². The monoisotopic (exact) mass is 368 g/mol. The van der Waals surface area contributed by atoms with Crippen molar-refractivity contribution in [3.05, 3.63) is 23.8 Å². The van der Waals surface area contributed by atoms with Crippen LogP contribution in [0.15, 0.2) is 23.1 Å². The van der Waals surface area contributed by atoms with Crippen molar-refractivity contribution in [2.24, 2.45) is 0 Å². The molecule has 0 spiro atoms. The Morgan fingerprint density at radius 3 is 2.40 bits per heavy atom. The molecule has 2 rings (SSSR count). The van der Waals surface area contributed by atoms with E-state index in [1.54, 1.807) is 30.2 Å². The van der Waals surface area contributed by atoms with E-state index in [1.807, 2.05) is 6.92 Å². The number of methoxy groups -OCH3 is 1. The predicted molar refractivity (Wildman–Crippen MR) is 97.2 cm³/mol. The van der Waals surface area contributed by atoms with Gasteiger partial charge in [0.25, 0.3) is 0 Å². The van der Waals surface area contributed by atoms with Crippen LogP contribution in [-0.2, 0) is 21.2 Å². The quantitative estimate of drug-likeness (QED) is 0.740. The minimum Gasteiger partial charge on any atom is -0.496 e. The number of sulfonamides is 1. The third-order valence-electron chi connectivity index (χ3n) is 4.61. The van der Waals surface area contributed by atoms with E-state index in [9.17, 15) is 13.2 Å². The van der Waals surface area contributed by atoms with Crippen LogP contribution in [0.5, 0.6) is 5.75 Å². The molecule has 25 heavy (non-hydrogen) atoms. The van der Waals surface area contributed by atoms with Crippen LogP contribution in [0.3, 0.4) is 0 Å². The fraction of sp³-hybridized carbons (Fsp3) is 0.611. The molecule has 1 aliphatic heterocycles. The first-order valence-corrected chi connectivity index (χ1v) is 10.3. The van der Waals surface area contributed by atoms with E-state index >= 15 is 0 Å². The number of aryl methyl sites for hydroxylation is 1. The van der Waals surface area contributed by atoms with Crippen molar-refractivity contribution in [1.29, 1.82) is 0 Å². The summed E-state index contributed by atoms with van der Waals surface area (Å²) in [6.07, 6.45) is 3.11. The molecular weight excluding hydrogens is 340 g/mol. The lowest BCUT2D eigenvalue weighted by molar-refractivity contribution is -0.132. The van der Waals surface area contributed by atoms with Gasteiger partial charge in [0, 0.05) is 32.6 Å². The molecule has 0 bridgehead atoms. The number of amides is 1. The zero-order chi connectivity index (χ0) is 18.4. The Kier molecular flexibility index (Phi) is 6.84. The minimum atomic E-state index is -3.55. The molecule has 0 unspecified atom stereocenters. The molecule has 0 radical (unpaired) electrons. The molecule has 1 heterocycles. The van der Waals surface area contributed by atoms with Gasteiger partial charge in [-0.1, -0.05) is 20.3 Å². The molecule has 1 aliphatic rings. The second-order valence-corrected chi connectivity index (χ2v) is 8.15. The van der Waals surface area contributed by atoms with E-state index in [1.165, 1.54) is 4.31 Å². The van der Waals surface area contributed by atoms with Gasteiger partial charge in [0.2, 0.25) is 15.9 Å². The highest BCUT2D eigenvalue weighted by Gasteiger charge is 2.30. The van der Waals surface area contributed by atoms with E-state index < -0.39 is 10.0 Å². The van der Waals surface area contributed by atoms with Crippen LogP contribution >= 0.6 is 0 Å². The molecule has 0 aliphatic carbocycles. The number of hydrogen-bond acceptors (Lipinski definition) is 4. The second-order valence-electron chi connectivity index (χ2n) is 6.22. The zero-order valence-corrected chi connectivity index (χ0v) is 16.1. The number of ether oxygens (including phenoxy) is 1. The Bertz CT molecular complexity index is 695. The number of piperazine rings is 1. The molecule has 1 aromatic carbocycles.